The Labute approximate surface area is 121 Å². The van der Waals surface area contributed by atoms with Crippen LogP contribution in [-0.2, 0) is 4.79 Å². The SMILES string of the molecule is CCC1SCC(C(=O)O)N1C(=O)c1cccc(C#N)c1. The average Bonchev–Trinajstić information content (AvgIpc) is 2.90. The zero-order valence-electron chi connectivity index (χ0n) is 10.9. The van der Waals surface area contributed by atoms with Gasteiger partial charge in [0.1, 0.15) is 6.04 Å². The first-order valence-electron chi connectivity index (χ1n) is 6.25. The lowest BCUT2D eigenvalue weighted by molar-refractivity contribution is -0.141. The van der Waals surface area contributed by atoms with E-state index in [9.17, 15) is 14.7 Å². The molecule has 5 nitrogen and oxygen atoms in total. The Morgan fingerprint density at radius 2 is 2.30 bits per heavy atom. The molecule has 1 aliphatic rings. The maximum absolute atomic E-state index is 12.5. The molecule has 0 bridgehead atoms. The van der Waals surface area contributed by atoms with Crippen molar-refractivity contribution >= 4 is 23.6 Å². The van der Waals surface area contributed by atoms with Crippen LogP contribution in [0.15, 0.2) is 24.3 Å². The molecule has 0 saturated carbocycles. The highest BCUT2D eigenvalue weighted by Crippen LogP contribution is 2.32. The third-order valence-corrected chi connectivity index (χ3v) is 4.65. The minimum Gasteiger partial charge on any atom is -0.480 e. The average molecular weight is 290 g/mol. The maximum atomic E-state index is 12.5. The van der Waals surface area contributed by atoms with Crippen LogP contribution in [0.4, 0.5) is 0 Å². The summed E-state index contributed by atoms with van der Waals surface area (Å²) in [6, 6.07) is 7.53. The molecule has 1 aromatic carbocycles. The number of carboxylic acid groups (broad SMARTS) is 1. The summed E-state index contributed by atoms with van der Waals surface area (Å²) in [6.07, 6.45) is 0.693. The minimum absolute atomic E-state index is 0.130. The first-order chi connectivity index (χ1) is 9.58. The van der Waals surface area contributed by atoms with Gasteiger partial charge in [0.2, 0.25) is 0 Å². The monoisotopic (exact) mass is 290 g/mol. The van der Waals surface area contributed by atoms with E-state index in [0.717, 1.165) is 0 Å². The lowest BCUT2D eigenvalue weighted by Gasteiger charge is -2.26. The number of hydrogen-bond donors (Lipinski definition) is 1. The highest BCUT2D eigenvalue weighted by molar-refractivity contribution is 8.00. The molecular formula is C14H14N2O3S. The van der Waals surface area contributed by atoms with E-state index in [0.29, 0.717) is 23.3 Å². The molecule has 0 spiro atoms. The summed E-state index contributed by atoms with van der Waals surface area (Å²) in [4.78, 5) is 25.2. The van der Waals surface area contributed by atoms with Gasteiger partial charge in [-0.2, -0.15) is 5.26 Å². The van der Waals surface area contributed by atoms with E-state index in [4.69, 9.17) is 5.26 Å². The summed E-state index contributed by atoms with van der Waals surface area (Å²) in [5, 5.41) is 18.0. The molecule has 1 aliphatic heterocycles. The number of carbonyl (C=O) groups is 2. The van der Waals surface area contributed by atoms with Crippen LogP contribution in [0.3, 0.4) is 0 Å². The number of hydrogen-bond acceptors (Lipinski definition) is 4. The molecule has 1 heterocycles. The van der Waals surface area contributed by atoms with Crippen LogP contribution in [0.1, 0.15) is 29.3 Å². The summed E-state index contributed by atoms with van der Waals surface area (Å²) < 4.78 is 0. The van der Waals surface area contributed by atoms with Crippen LogP contribution in [0.25, 0.3) is 0 Å². The van der Waals surface area contributed by atoms with Gasteiger partial charge in [0.15, 0.2) is 0 Å². The molecule has 0 aromatic heterocycles. The molecular weight excluding hydrogens is 276 g/mol. The molecule has 0 aliphatic carbocycles. The molecule has 1 fully saturated rings. The van der Waals surface area contributed by atoms with Crippen molar-refractivity contribution < 1.29 is 14.7 Å². The molecule has 1 aromatic rings. The van der Waals surface area contributed by atoms with Crippen molar-refractivity contribution in [2.75, 3.05) is 5.75 Å². The van der Waals surface area contributed by atoms with Crippen LogP contribution in [0, 0.1) is 11.3 Å². The number of carbonyl (C=O) groups excluding carboxylic acids is 1. The van der Waals surface area contributed by atoms with E-state index in [1.807, 2.05) is 13.0 Å². The lowest BCUT2D eigenvalue weighted by Crippen LogP contribution is -2.45. The standard InChI is InChI=1S/C14H14N2O3S/c1-2-12-16(11(8-20-12)14(18)19)13(17)10-5-3-4-9(6-10)7-15/h3-6,11-12H,2,8H2,1H3,(H,18,19). The van der Waals surface area contributed by atoms with Crippen LogP contribution < -0.4 is 0 Å². The van der Waals surface area contributed by atoms with E-state index in [-0.39, 0.29) is 11.3 Å². The molecule has 2 rings (SSSR count). The van der Waals surface area contributed by atoms with E-state index < -0.39 is 12.0 Å². The zero-order valence-corrected chi connectivity index (χ0v) is 11.8. The molecule has 2 unspecified atom stereocenters. The highest BCUT2D eigenvalue weighted by atomic mass is 32.2. The van der Waals surface area contributed by atoms with Crippen LogP contribution in [-0.4, -0.2) is 39.1 Å². The first-order valence-corrected chi connectivity index (χ1v) is 7.30. The van der Waals surface area contributed by atoms with Crippen molar-refractivity contribution in [2.45, 2.75) is 24.8 Å². The van der Waals surface area contributed by atoms with Crippen LogP contribution in [0.5, 0.6) is 0 Å². The van der Waals surface area contributed by atoms with Gasteiger partial charge in [-0.05, 0) is 24.6 Å². The summed E-state index contributed by atoms with van der Waals surface area (Å²) in [5.41, 5.74) is 0.749. The molecule has 1 amide bonds. The zero-order chi connectivity index (χ0) is 14.7. The van der Waals surface area contributed by atoms with Crippen molar-refractivity contribution in [3.05, 3.63) is 35.4 Å². The second-order valence-corrected chi connectivity index (χ2v) is 5.67. The Morgan fingerprint density at radius 1 is 1.55 bits per heavy atom. The number of nitriles is 1. The van der Waals surface area contributed by atoms with E-state index in [1.54, 1.807) is 18.2 Å². The van der Waals surface area contributed by atoms with Gasteiger partial charge in [0.05, 0.1) is 17.0 Å². The predicted octanol–water partition coefficient (Wildman–Crippen LogP) is 1.94. The van der Waals surface area contributed by atoms with E-state index in [2.05, 4.69) is 0 Å². The van der Waals surface area contributed by atoms with Crippen molar-refractivity contribution in [2.24, 2.45) is 0 Å². The fourth-order valence-corrected chi connectivity index (χ4v) is 3.56. The minimum atomic E-state index is -0.988. The number of rotatable bonds is 3. The fourth-order valence-electron chi connectivity index (χ4n) is 2.21. The van der Waals surface area contributed by atoms with Gasteiger partial charge in [-0.3, -0.25) is 4.79 Å². The molecule has 6 heteroatoms. The number of nitrogens with zero attached hydrogens (tertiary/aromatic N) is 2. The third kappa shape index (κ3) is 2.63. The van der Waals surface area contributed by atoms with Gasteiger partial charge in [0.25, 0.3) is 5.91 Å². The van der Waals surface area contributed by atoms with Gasteiger partial charge in [-0.25, -0.2) is 4.79 Å². The number of aliphatic carboxylic acids is 1. The largest absolute Gasteiger partial charge is 0.480 e. The topological polar surface area (TPSA) is 81.4 Å². The second-order valence-electron chi connectivity index (χ2n) is 4.46. The quantitative estimate of drug-likeness (QED) is 0.920. The highest BCUT2D eigenvalue weighted by Gasteiger charge is 2.41. The Morgan fingerprint density at radius 3 is 2.90 bits per heavy atom. The number of benzene rings is 1. The van der Waals surface area contributed by atoms with Crippen molar-refractivity contribution in [1.82, 2.24) is 4.90 Å². The smallest absolute Gasteiger partial charge is 0.327 e. The maximum Gasteiger partial charge on any atom is 0.327 e. The van der Waals surface area contributed by atoms with Gasteiger partial charge >= 0.3 is 5.97 Å². The van der Waals surface area contributed by atoms with Gasteiger partial charge < -0.3 is 10.0 Å². The second kappa shape index (κ2) is 5.97. The van der Waals surface area contributed by atoms with Gasteiger partial charge in [-0.15, -0.1) is 11.8 Å². The predicted molar refractivity (Wildman–Crippen MR) is 75.3 cm³/mol. The van der Waals surface area contributed by atoms with Gasteiger partial charge in [0, 0.05) is 11.3 Å². The summed E-state index contributed by atoms with van der Waals surface area (Å²) in [5.74, 6) is -0.915. The van der Waals surface area contributed by atoms with Crippen molar-refractivity contribution in [3.63, 3.8) is 0 Å². The molecule has 20 heavy (non-hydrogen) atoms. The van der Waals surface area contributed by atoms with Crippen molar-refractivity contribution in [1.29, 1.82) is 5.26 Å². The summed E-state index contributed by atoms with van der Waals surface area (Å²) in [7, 11) is 0. The normalized spacial score (nSPS) is 21.5. The van der Waals surface area contributed by atoms with Gasteiger partial charge in [-0.1, -0.05) is 13.0 Å². The Kier molecular flexibility index (Phi) is 4.30. The third-order valence-electron chi connectivity index (χ3n) is 3.20. The summed E-state index contributed by atoms with van der Waals surface area (Å²) in [6.45, 7) is 1.92. The Bertz CT molecular complexity index is 582. The first kappa shape index (κ1) is 14.4. The molecule has 104 valence electrons. The summed E-state index contributed by atoms with van der Waals surface area (Å²) >= 11 is 1.48. The molecule has 1 saturated heterocycles. The van der Waals surface area contributed by atoms with Crippen LogP contribution in [0.2, 0.25) is 0 Å². The Hall–Kier alpha value is -2.00. The molecule has 0 radical (unpaired) electrons. The van der Waals surface area contributed by atoms with Crippen LogP contribution >= 0.6 is 11.8 Å². The fraction of sp³-hybridized carbons (Fsp3) is 0.357. The number of carboxylic acids is 1. The van der Waals surface area contributed by atoms with E-state index in [1.165, 1.54) is 22.7 Å². The van der Waals surface area contributed by atoms with E-state index >= 15 is 0 Å². The van der Waals surface area contributed by atoms with Crippen molar-refractivity contribution in [3.8, 4) is 6.07 Å². The molecule has 2 atom stereocenters. The molecule has 1 N–H and O–H groups in total. The Balaban J connectivity index is 2.33. The number of thioether (sulfide) groups is 1. The lowest BCUT2D eigenvalue weighted by atomic mass is 10.1. The number of amides is 1.